The molecule has 0 bridgehead atoms. The summed E-state index contributed by atoms with van der Waals surface area (Å²) in [5.74, 6) is -2.43. The molecule has 9 heteroatoms. The van der Waals surface area contributed by atoms with Gasteiger partial charge in [0, 0.05) is 25.1 Å². The molecule has 1 aromatic heterocycles. The molecule has 0 spiro atoms. The highest BCUT2D eigenvalue weighted by Crippen LogP contribution is 2.28. The summed E-state index contributed by atoms with van der Waals surface area (Å²) in [5, 5.41) is 0. The molecular weight excluding hydrogens is 315 g/mol. The second kappa shape index (κ2) is 6.39. The van der Waals surface area contributed by atoms with Gasteiger partial charge < -0.3 is 9.64 Å². The maximum atomic E-state index is 12.8. The normalized spacial score (nSPS) is 18.5. The number of amides is 1. The van der Waals surface area contributed by atoms with Crippen LogP contribution in [0.3, 0.4) is 0 Å². The fourth-order valence-electron chi connectivity index (χ4n) is 2.38. The molecule has 0 aliphatic carbocycles. The topological polar surface area (TPSA) is 93.6 Å². The predicted molar refractivity (Wildman–Crippen MR) is 75.5 cm³/mol. The van der Waals surface area contributed by atoms with Gasteiger partial charge in [0.1, 0.15) is 0 Å². The van der Waals surface area contributed by atoms with Gasteiger partial charge in [0.15, 0.2) is 5.69 Å². The minimum atomic E-state index is -4.66. The van der Waals surface area contributed by atoms with Gasteiger partial charge >= 0.3 is 16.2 Å². The quantitative estimate of drug-likeness (QED) is 0.588. The van der Waals surface area contributed by atoms with Crippen LogP contribution in [0.1, 0.15) is 23.8 Å². The first-order chi connectivity index (χ1) is 10.3. The Bertz CT molecular complexity index is 691. The summed E-state index contributed by atoms with van der Waals surface area (Å²) < 4.78 is 39.1. The van der Waals surface area contributed by atoms with Crippen LogP contribution < -0.4 is 4.90 Å². The van der Waals surface area contributed by atoms with Crippen LogP contribution >= 0.6 is 0 Å². The Labute approximate surface area is 127 Å². The number of anilines is 1. The third-order valence-electron chi connectivity index (χ3n) is 3.19. The molecule has 1 aromatic rings. The molecule has 2 rings (SSSR count). The highest BCUT2D eigenvalue weighted by atomic mass is 32.3. The van der Waals surface area contributed by atoms with Crippen LogP contribution in [0.15, 0.2) is 18.3 Å². The Morgan fingerprint density at radius 3 is 2.91 bits per heavy atom. The lowest BCUT2D eigenvalue weighted by Gasteiger charge is -2.18. The summed E-state index contributed by atoms with van der Waals surface area (Å²) in [7, 11) is -4.66. The van der Waals surface area contributed by atoms with Crippen molar-refractivity contribution in [2.75, 3.05) is 23.8 Å². The SMILES string of the molecule is CCOC(=O)c1ncccc1N1CC(CS(=O)(=O)F)CC1=O. The van der Waals surface area contributed by atoms with E-state index in [4.69, 9.17) is 4.74 Å². The van der Waals surface area contributed by atoms with E-state index in [-0.39, 0.29) is 36.9 Å². The number of hydrogen-bond donors (Lipinski definition) is 0. The van der Waals surface area contributed by atoms with Gasteiger partial charge in [-0.05, 0) is 19.1 Å². The molecule has 1 amide bonds. The van der Waals surface area contributed by atoms with Gasteiger partial charge in [0.25, 0.3) is 0 Å². The number of ether oxygens (including phenoxy) is 1. The largest absolute Gasteiger partial charge is 0.461 e. The minimum Gasteiger partial charge on any atom is -0.461 e. The number of rotatable bonds is 5. The average Bonchev–Trinajstić information content (AvgIpc) is 2.77. The number of carbonyl (C=O) groups excluding carboxylic acids is 2. The number of pyridine rings is 1. The molecule has 0 radical (unpaired) electrons. The number of hydrogen-bond acceptors (Lipinski definition) is 6. The van der Waals surface area contributed by atoms with Gasteiger partial charge in [0.2, 0.25) is 5.91 Å². The molecule has 1 atom stereocenters. The molecule has 0 N–H and O–H groups in total. The molecule has 0 aromatic carbocycles. The molecule has 1 aliphatic heterocycles. The Morgan fingerprint density at radius 2 is 2.27 bits per heavy atom. The standard InChI is InChI=1S/C13H15FN2O5S/c1-2-21-13(18)12-10(4-3-5-15-12)16-7-9(6-11(16)17)8-22(14,19)20/h3-5,9H,2,6-8H2,1H3. The minimum absolute atomic E-state index is 0.0140. The molecule has 1 aliphatic rings. The van der Waals surface area contributed by atoms with Crippen LogP contribution in [-0.2, 0) is 19.8 Å². The Hall–Kier alpha value is -2.03. The summed E-state index contributed by atoms with van der Waals surface area (Å²) in [4.78, 5) is 29.1. The Balaban J connectivity index is 2.25. The summed E-state index contributed by atoms with van der Waals surface area (Å²) in [6, 6.07) is 3.06. The predicted octanol–water partition coefficient (Wildman–Crippen LogP) is 0.911. The zero-order valence-electron chi connectivity index (χ0n) is 11.9. The second-order valence-corrected chi connectivity index (χ2v) is 6.28. The van der Waals surface area contributed by atoms with Crippen molar-refractivity contribution in [2.45, 2.75) is 13.3 Å². The third-order valence-corrected chi connectivity index (χ3v) is 4.06. The van der Waals surface area contributed by atoms with Gasteiger partial charge in [-0.1, -0.05) is 0 Å². The number of aromatic nitrogens is 1. The lowest BCUT2D eigenvalue weighted by Crippen LogP contribution is -2.28. The van der Waals surface area contributed by atoms with E-state index in [1.165, 1.54) is 17.2 Å². The molecule has 1 saturated heterocycles. The smallest absolute Gasteiger partial charge is 0.359 e. The summed E-state index contributed by atoms with van der Waals surface area (Å²) in [6.45, 7) is 1.81. The molecule has 1 fully saturated rings. The third kappa shape index (κ3) is 3.79. The molecule has 1 unspecified atom stereocenters. The molecule has 120 valence electrons. The maximum absolute atomic E-state index is 12.8. The van der Waals surface area contributed by atoms with Crippen LogP contribution in [0.5, 0.6) is 0 Å². The average molecular weight is 330 g/mol. The zero-order valence-corrected chi connectivity index (χ0v) is 12.7. The molecule has 0 saturated carbocycles. The van der Waals surface area contributed by atoms with Gasteiger partial charge in [-0.2, -0.15) is 8.42 Å². The van der Waals surface area contributed by atoms with Crippen molar-refractivity contribution in [3.8, 4) is 0 Å². The zero-order chi connectivity index (χ0) is 16.3. The summed E-state index contributed by atoms with van der Waals surface area (Å²) >= 11 is 0. The van der Waals surface area contributed by atoms with E-state index in [0.29, 0.717) is 0 Å². The van der Waals surface area contributed by atoms with E-state index in [2.05, 4.69) is 4.98 Å². The van der Waals surface area contributed by atoms with E-state index in [9.17, 15) is 21.9 Å². The fraction of sp³-hybridized carbons (Fsp3) is 0.462. The van der Waals surface area contributed by atoms with Crippen molar-refractivity contribution >= 4 is 27.8 Å². The number of halogens is 1. The van der Waals surface area contributed by atoms with Crippen LogP contribution in [0.2, 0.25) is 0 Å². The second-order valence-electron chi connectivity index (χ2n) is 4.87. The summed E-state index contributed by atoms with van der Waals surface area (Å²) in [5.41, 5.74) is 0.214. The fourth-order valence-corrected chi connectivity index (χ4v) is 3.17. The van der Waals surface area contributed by atoms with Gasteiger partial charge in [-0.25, -0.2) is 9.78 Å². The van der Waals surface area contributed by atoms with Crippen molar-refractivity contribution in [2.24, 2.45) is 5.92 Å². The molecular formula is C13H15FN2O5S. The molecule has 7 nitrogen and oxygen atoms in total. The van der Waals surface area contributed by atoms with E-state index < -0.39 is 27.9 Å². The lowest BCUT2D eigenvalue weighted by atomic mass is 10.1. The summed E-state index contributed by atoms with van der Waals surface area (Å²) in [6.07, 6.45) is 1.29. The van der Waals surface area contributed by atoms with Crippen LogP contribution in [-0.4, -0.2) is 44.2 Å². The first-order valence-corrected chi connectivity index (χ1v) is 8.22. The lowest BCUT2D eigenvalue weighted by molar-refractivity contribution is -0.117. The number of nitrogens with zero attached hydrogens (tertiary/aromatic N) is 2. The number of carbonyl (C=O) groups is 2. The van der Waals surface area contributed by atoms with Crippen LogP contribution in [0, 0.1) is 5.92 Å². The van der Waals surface area contributed by atoms with Crippen molar-refractivity contribution in [1.29, 1.82) is 0 Å². The van der Waals surface area contributed by atoms with Crippen LogP contribution in [0.25, 0.3) is 0 Å². The Morgan fingerprint density at radius 1 is 1.55 bits per heavy atom. The Kier molecular flexibility index (Phi) is 4.74. The van der Waals surface area contributed by atoms with Crippen molar-refractivity contribution in [1.82, 2.24) is 4.98 Å². The molecule has 22 heavy (non-hydrogen) atoms. The first kappa shape index (κ1) is 16.3. The van der Waals surface area contributed by atoms with Crippen LogP contribution in [0.4, 0.5) is 9.57 Å². The van der Waals surface area contributed by atoms with Crippen molar-refractivity contribution < 1.29 is 26.6 Å². The molecule has 2 heterocycles. The van der Waals surface area contributed by atoms with Gasteiger partial charge in [-0.3, -0.25) is 4.79 Å². The highest BCUT2D eigenvalue weighted by molar-refractivity contribution is 7.86. The maximum Gasteiger partial charge on any atom is 0.359 e. The van der Waals surface area contributed by atoms with E-state index >= 15 is 0 Å². The van der Waals surface area contributed by atoms with Crippen molar-refractivity contribution in [3.05, 3.63) is 24.0 Å². The number of esters is 1. The first-order valence-electron chi connectivity index (χ1n) is 6.66. The van der Waals surface area contributed by atoms with Gasteiger partial charge in [0.05, 0.1) is 18.0 Å². The monoisotopic (exact) mass is 330 g/mol. The van der Waals surface area contributed by atoms with Gasteiger partial charge in [-0.15, -0.1) is 3.89 Å². The van der Waals surface area contributed by atoms with E-state index in [0.717, 1.165) is 0 Å². The van der Waals surface area contributed by atoms with Crippen molar-refractivity contribution in [3.63, 3.8) is 0 Å². The van der Waals surface area contributed by atoms with E-state index in [1.807, 2.05) is 0 Å². The van der Waals surface area contributed by atoms with E-state index in [1.54, 1.807) is 13.0 Å². The highest BCUT2D eigenvalue weighted by Gasteiger charge is 2.35.